The number of thiocarbonyl (C=S) groups is 1. The largest absolute Gasteiger partial charge is 0.493 e. The van der Waals surface area contributed by atoms with E-state index in [0.29, 0.717) is 23.0 Å². The van der Waals surface area contributed by atoms with Crippen LogP contribution in [0.25, 0.3) is 6.08 Å². The van der Waals surface area contributed by atoms with Gasteiger partial charge in [0.1, 0.15) is 6.61 Å². The fourth-order valence-corrected chi connectivity index (χ4v) is 5.08. The Kier molecular flexibility index (Phi) is 8.45. The number of carbonyl (C=O) groups excluding carboxylic acids is 2. The molecule has 0 aromatic heterocycles. The average Bonchev–Trinajstić information content (AvgIpc) is 3.14. The molecule has 1 fully saturated rings. The summed E-state index contributed by atoms with van der Waals surface area (Å²) < 4.78 is 11.8. The van der Waals surface area contributed by atoms with Crippen molar-refractivity contribution in [2.45, 2.75) is 32.8 Å². The lowest BCUT2D eigenvalue weighted by molar-refractivity contribution is -0.123. The van der Waals surface area contributed by atoms with E-state index < -0.39 is 11.8 Å². The van der Waals surface area contributed by atoms with Crippen LogP contribution in [0.3, 0.4) is 0 Å². The topological polar surface area (TPSA) is 67.9 Å². The van der Waals surface area contributed by atoms with Gasteiger partial charge in [0.15, 0.2) is 15.8 Å². The average molecular weight is 567 g/mol. The minimum Gasteiger partial charge on any atom is -0.493 e. The minimum atomic E-state index is -0.524. The number of rotatable bonds is 7. The Bertz CT molecular complexity index is 1410. The van der Waals surface area contributed by atoms with Crippen LogP contribution in [0.2, 0.25) is 5.02 Å². The van der Waals surface area contributed by atoms with Gasteiger partial charge in [-0.3, -0.25) is 15.0 Å². The lowest BCUT2D eigenvalue weighted by Crippen LogP contribution is -2.44. The molecule has 4 rings (SSSR count). The second-order valence-electron chi connectivity index (χ2n) is 9.58. The molecule has 1 aliphatic heterocycles. The van der Waals surface area contributed by atoms with Gasteiger partial charge in [-0.2, -0.15) is 5.01 Å². The number of hydrogen-bond donors (Lipinski definition) is 1. The molecular weight excluding hydrogens is 540 g/mol. The molecule has 1 N–H and O–H groups in total. The van der Waals surface area contributed by atoms with Crippen LogP contribution in [0.15, 0.2) is 71.6 Å². The van der Waals surface area contributed by atoms with Crippen LogP contribution < -0.4 is 14.9 Å². The third kappa shape index (κ3) is 6.38. The Morgan fingerprint density at radius 3 is 2.45 bits per heavy atom. The van der Waals surface area contributed by atoms with E-state index in [9.17, 15) is 9.59 Å². The molecule has 0 aliphatic carbocycles. The van der Waals surface area contributed by atoms with Crippen molar-refractivity contribution in [2.24, 2.45) is 0 Å². The summed E-state index contributed by atoms with van der Waals surface area (Å²) in [6.45, 7) is 6.93. The van der Waals surface area contributed by atoms with Crippen molar-refractivity contribution in [3.63, 3.8) is 0 Å². The Morgan fingerprint density at radius 1 is 1.08 bits per heavy atom. The summed E-state index contributed by atoms with van der Waals surface area (Å²) in [7, 11) is 1.56. The van der Waals surface area contributed by atoms with E-state index in [4.69, 9.17) is 33.3 Å². The van der Waals surface area contributed by atoms with Crippen molar-refractivity contribution in [1.82, 2.24) is 10.4 Å². The highest BCUT2D eigenvalue weighted by atomic mass is 35.5. The number of hydrogen-bond acceptors (Lipinski definition) is 6. The van der Waals surface area contributed by atoms with Crippen molar-refractivity contribution >= 4 is 57.8 Å². The predicted octanol–water partition coefficient (Wildman–Crippen LogP) is 6.77. The Labute approximate surface area is 236 Å². The molecule has 38 heavy (non-hydrogen) atoms. The molecular formula is C29H27ClN2O4S2. The number of hydrazine groups is 1. The molecule has 2 amide bonds. The SMILES string of the molecule is COc1cc(/C=C2/SC(=S)N(NC(=O)c3ccccc3Cl)C2=O)ccc1OCc1ccc(C(C)(C)C)cc1. The summed E-state index contributed by atoms with van der Waals surface area (Å²) in [6.07, 6.45) is 1.69. The van der Waals surface area contributed by atoms with Gasteiger partial charge in [-0.1, -0.05) is 86.6 Å². The van der Waals surface area contributed by atoms with E-state index in [2.05, 4.69) is 50.5 Å². The van der Waals surface area contributed by atoms with Gasteiger partial charge in [-0.15, -0.1) is 0 Å². The van der Waals surface area contributed by atoms with Crippen molar-refractivity contribution in [1.29, 1.82) is 0 Å². The highest BCUT2D eigenvalue weighted by Crippen LogP contribution is 2.34. The van der Waals surface area contributed by atoms with Gasteiger partial charge in [0.25, 0.3) is 11.8 Å². The van der Waals surface area contributed by atoms with Gasteiger partial charge < -0.3 is 9.47 Å². The predicted molar refractivity (Wildman–Crippen MR) is 156 cm³/mol. The molecule has 0 spiro atoms. The van der Waals surface area contributed by atoms with Crippen molar-refractivity contribution in [2.75, 3.05) is 7.11 Å². The highest BCUT2D eigenvalue weighted by molar-refractivity contribution is 8.26. The molecule has 1 saturated heterocycles. The van der Waals surface area contributed by atoms with Crippen molar-refractivity contribution in [3.05, 3.63) is 98.9 Å². The number of amides is 2. The standard InChI is InChI=1S/C29H27ClN2O4S2/c1-29(2,3)20-12-9-18(10-13-20)17-36-23-14-11-19(15-24(23)35-4)16-25-27(34)32(28(37)38-25)31-26(33)21-7-5-6-8-22(21)30/h5-16H,17H2,1-4H3,(H,31,33)/b25-16+. The molecule has 0 saturated carbocycles. The van der Waals surface area contributed by atoms with E-state index in [0.717, 1.165) is 27.9 Å². The number of thioether (sulfide) groups is 1. The van der Waals surface area contributed by atoms with Crippen molar-refractivity contribution < 1.29 is 19.1 Å². The summed E-state index contributed by atoms with van der Waals surface area (Å²) in [6, 6.07) is 20.4. The Hall–Kier alpha value is -3.33. The number of ether oxygens (including phenoxy) is 2. The molecule has 3 aromatic carbocycles. The maximum absolute atomic E-state index is 13.0. The molecule has 3 aromatic rings. The Balaban J connectivity index is 1.45. The van der Waals surface area contributed by atoms with Gasteiger partial charge in [-0.25, -0.2) is 0 Å². The molecule has 1 heterocycles. The summed E-state index contributed by atoms with van der Waals surface area (Å²) in [5.74, 6) is 0.166. The second kappa shape index (κ2) is 11.6. The van der Waals surface area contributed by atoms with Crippen molar-refractivity contribution in [3.8, 4) is 11.5 Å². The van der Waals surface area contributed by atoms with Crippen LogP contribution in [-0.4, -0.2) is 28.3 Å². The first-order valence-electron chi connectivity index (χ1n) is 11.8. The molecule has 1 aliphatic rings. The van der Waals surface area contributed by atoms with Crippen LogP contribution in [0.5, 0.6) is 11.5 Å². The number of nitrogens with zero attached hydrogens (tertiary/aromatic N) is 1. The van der Waals surface area contributed by atoms with E-state index in [1.54, 1.807) is 49.6 Å². The third-order valence-corrected chi connectivity index (χ3v) is 7.46. The van der Waals surface area contributed by atoms with Gasteiger partial charge in [-0.05, 0) is 64.7 Å². The lowest BCUT2D eigenvalue weighted by Gasteiger charge is -2.19. The highest BCUT2D eigenvalue weighted by Gasteiger charge is 2.34. The monoisotopic (exact) mass is 566 g/mol. The molecule has 0 bridgehead atoms. The van der Waals surface area contributed by atoms with E-state index in [1.165, 1.54) is 5.56 Å². The molecule has 0 unspecified atom stereocenters. The lowest BCUT2D eigenvalue weighted by atomic mass is 9.87. The summed E-state index contributed by atoms with van der Waals surface area (Å²) >= 11 is 12.5. The third-order valence-electron chi connectivity index (χ3n) is 5.83. The van der Waals surface area contributed by atoms with Gasteiger partial charge >= 0.3 is 0 Å². The normalized spacial score (nSPS) is 14.7. The maximum Gasteiger partial charge on any atom is 0.285 e. The van der Waals surface area contributed by atoms with Crippen LogP contribution in [0, 0.1) is 0 Å². The number of carbonyl (C=O) groups is 2. The van der Waals surface area contributed by atoms with Crippen LogP contribution in [0.1, 0.15) is 47.8 Å². The van der Waals surface area contributed by atoms with E-state index in [-0.39, 0.29) is 20.3 Å². The minimum absolute atomic E-state index is 0.0912. The van der Waals surface area contributed by atoms with Gasteiger partial charge in [0.2, 0.25) is 0 Å². The number of methoxy groups -OCH3 is 1. The first-order chi connectivity index (χ1) is 18.1. The zero-order valence-corrected chi connectivity index (χ0v) is 23.8. The van der Waals surface area contributed by atoms with Crippen LogP contribution in [-0.2, 0) is 16.8 Å². The zero-order valence-electron chi connectivity index (χ0n) is 21.4. The number of halogens is 1. The van der Waals surface area contributed by atoms with Crippen LogP contribution in [0.4, 0.5) is 0 Å². The first-order valence-corrected chi connectivity index (χ1v) is 13.4. The molecule has 9 heteroatoms. The maximum atomic E-state index is 13.0. The van der Waals surface area contributed by atoms with E-state index in [1.807, 2.05) is 6.07 Å². The van der Waals surface area contributed by atoms with E-state index >= 15 is 0 Å². The fraction of sp³-hybridized carbons (Fsp3) is 0.207. The summed E-state index contributed by atoms with van der Waals surface area (Å²) in [5, 5.41) is 1.33. The quantitative estimate of drug-likeness (QED) is 0.251. The first kappa shape index (κ1) is 27.7. The molecule has 0 atom stereocenters. The smallest absolute Gasteiger partial charge is 0.285 e. The summed E-state index contributed by atoms with van der Waals surface area (Å²) in [4.78, 5) is 26.0. The molecule has 196 valence electrons. The van der Waals surface area contributed by atoms with Gasteiger partial charge in [0, 0.05) is 0 Å². The fourth-order valence-electron chi connectivity index (χ4n) is 3.68. The number of benzene rings is 3. The van der Waals surface area contributed by atoms with Crippen LogP contribution >= 0.6 is 35.6 Å². The Morgan fingerprint density at radius 2 is 1.79 bits per heavy atom. The zero-order chi connectivity index (χ0) is 27.4. The number of nitrogens with one attached hydrogen (secondary N) is 1. The molecule has 6 nitrogen and oxygen atoms in total. The summed E-state index contributed by atoms with van der Waals surface area (Å²) in [5.41, 5.74) is 5.91. The second-order valence-corrected chi connectivity index (χ2v) is 11.7. The van der Waals surface area contributed by atoms with Gasteiger partial charge in [0.05, 0.1) is 22.6 Å². The molecule has 0 radical (unpaired) electrons.